The van der Waals surface area contributed by atoms with E-state index in [1.54, 1.807) is 6.20 Å². The fourth-order valence-corrected chi connectivity index (χ4v) is 3.26. The number of nitrogens with one attached hydrogen (secondary N) is 1. The van der Waals surface area contributed by atoms with Crippen LogP contribution in [0.2, 0.25) is 0 Å². The Morgan fingerprint density at radius 1 is 1.35 bits per heavy atom. The van der Waals surface area contributed by atoms with E-state index in [1.807, 2.05) is 12.1 Å². The zero-order valence-electron chi connectivity index (χ0n) is 13.6. The molecule has 2 atom stereocenters. The van der Waals surface area contributed by atoms with Crippen molar-refractivity contribution in [1.82, 2.24) is 20.4 Å². The fourth-order valence-electron chi connectivity index (χ4n) is 3.26. The number of piperidine rings is 1. The highest BCUT2D eigenvalue weighted by molar-refractivity contribution is 5.37. The molecule has 2 aliphatic heterocycles. The molecule has 7 heteroatoms. The zero-order chi connectivity index (χ0) is 15.9. The summed E-state index contributed by atoms with van der Waals surface area (Å²) in [5.41, 5.74) is 0. The summed E-state index contributed by atoms with van der Waals surface area (Å²) in [5, 5.41) is 21.9. The lowest BCUT2D eigenvalue weighted by Gasteiger charge is -2.34. The molecule has 128 valence electrons. The van der Waals surface area contributed by atoms with Crippen LogP contribution in [0.25, 0.3) is 0 Å². The molecule has 0 amide bonds. The summed E-state index contributed by atoms with van der Waals surface area (Å²) < 4.78 is 5.33. The van der Waals surface area contributed by atoms with Crippen molar-refractivity contribution in [3.63, 3.8) is 0 Å². The second-order valence-electron chi connectivity index (χ2n) is 6.34. The third kappa shape index (κ3) is 5.10. The monoisotopic (exact) mass is 321 g/mol. The Balaban J connectivity index is 1.41. The molecule has 2 aliphatic rings. The highest BCUT2D eigenvalue weighted by Crippen LogP contribution is 2.16. The standard InChI is InChI=1S/C16H27N5O2/c22-15(13-20-7-9-23-10-8-20)11-17-14-3-2-6-21(12-14)16-4-1-5-18-19-16/h1,4-5,14-15,17,22H,2-3,6-13H2. The van der Waals surface area contributed by atoms with E-state index in [9.17, 15) is 5.11 Å². The number of β-amino-alcohol motifs (C(OH)–C–C–N with tert-alkyl or cyclic N) is 1. The van der Waals surface area contributed by atoms with E-state index >= 15 is 0 Å². The van der Waals surface area contributed by atoms with Crippen LogP contribution < -0.4 is 10.2 Å². The number of hydrogen-bond acceptors (Lipinski definition) is 7. The van der Waals surface area contributed by atoms with Crippen molar-refractivity contribution in [2.45, 2.75) is 25.0 Å². The van der Waals surface area contributed by atoms with Gasteiger partial charge in [-0.25, -0.2) is 0 Å². The number of hydrogen-bond donors (Lipinski definition) is 2. The van der Waals surface area contributed by atoms with E-state index in [-0.39, 0.29) is 6.10 Å². The highest BCUT2D eigenvalue weighted by Gasteiger charge is 2.22. The van der Waals surface area contributed by atoms with Crippen molar-refractivity contribution < 1.29 is 9.84 Å². The third-order valence-electron chi connectivity index (χ3n) is 4.52. The highest BCUT2D eigenvalue weighted by atomic mass is 16.5. The molecule has 0 radical (unpaired) electrons. The lowest BCUT2D eigenvalue weighted by molar-refractivity contribution is 0.0144. The quantitative estimate of drug-likeness (QED) is 0.747. The second kappa shape index (κ2) is 8.54. The Hall–Kier alpha value is -1.28. The van der Waals surface area contributed by atoms with Crippen LogP contribution in [0.1, 0.15) is 12.8 Å². The lowest BCUT2D eigenvalue weighted by Crippen LogP contribution is -2.50. The van der Waals surface area contributed by atoms with Gasteiger partial charge in [-0.1, -0.05) is 0 Å². The van der Waals surface area contributed by atoms with E-state index in [2.05, 4.69) is 25.3 Å². The molecule has 1 aromatic rings. The van der Waals surface area contributed by atoms with Crippen LogP contribution in [0.4, 0.5) is 5.82 Å². The summed E-state index contributed by atoms with van der Waals surface area (Å²) in [4.78, 5) is 4.53. The van der Waals surface area contributed by atoms with Gasteiger partial charge in [0, 0.05) is 51.5 Å². The molecule has 7 nitrogen and oxygen atoms in total. The van der Waals surface area contributed by atoms with Crippen LogP contribution >= 0.6 is 0 Å². The van der Waals surface area contributed by atoms with E-state index < -0.39 is 0 Å². The van der Waals surface area contributed by atoms with E-state index in [0.29, 0.717) is 12.6 Å². The smallest absolute Gasteiger partial charge is 0.151 e. The molecule has 3 heterocycles. The van der Waals surface area contributed by atoms with Crippen molar-refractivity contribution in [2.75, 3.05) is 57.4 Å². The lowest BCUT2D eigenvalue weighted by atomic mass is 10.1. The summed E-state index contributed by atoms with van der Waals surface area (Å²) in [7, 11) is 0. The van der Waals surface area contributed by atoms with Gasteiger partial charge in [-0.3, -0.25) is 4.90 Å². The van der Waals surface area contributed by atoms with Crippen LogP contribution in [-0.4, -0.2) is 84.8 Å². The molecule has 0 bridgehead atoms. The van der Waals surface area contributed by atoms with Gasteiger partial charge in [0.1, 0.15) is 0 Å². The number of ether oxygens (including phenoxy) is 1. The molecule has 3 rings (SSSR count). The Kier molecular flexibility index (Phi) is 6.15. The van der Waals surface area contributed by atoms with Crippen LogP contribution in [0.5, 0.6) is 0 Å². The van der Waals surface area contributed by atoms with Crippen LogP contribution in [0.3, 0.4) is 0 Å². The molecular formula is C16H27N5O2. The molecule has 23 heavy (non-hydrogen) atoms. The van der Waals surface area contributed by atoms with Crippen molar-refractivity contribution in [3.8, 4) is 0 Å². The van der Waals surface area contributed by atoms with Gasteiger partial charge >= 0.3 is 0 Å². The first-order valence-electron chi connectivity index (χ1n) is 8.55. The van der Waals surface area contributed by atoms with Gasteiger partial charge in [-0.05, 0) is 25.0 Å². The minimum Gasteiger partial charge on any atom is -0.390 e. The van der Waals surface area contributed by atoms with E-state index in [1.165, 1.54) is 0 Å². The van der Waals surface area contributed by atoms with Crippen molar-refractivity contribution >= 4 is 5.82 Å². The molecule has 2 N–H and O–H groups in total. The van der Waals surface area contributed by atoms with Crippen molar-refractivity contribution in [3.05, 3.63) is 18.3 Å². The molecule has 2 saturated heterocycles. The number of aliphatic hydroxyl groups is 1. The van der Waals surface area contributed by atoms with Crippen molar-refractivity contribution in [1.29, 1.82) is 0 Å². The molecular weight excluding hydrogens is 294 g/mol. The van der Waals surface area contributed by atoms with E-state index in [4.69, 9.17) is 4.74 Å². The molecule has 2 unspecified atom stereocenters. The Morgan fingerprint density at radius 2 is 2.22 bits per heavy atom. The van der Waals surface area contributed by atoms with Crippen molar-refractivity contribution in [2.24, 2.45) is 0 Å². The van der Waals surface area contributed by atoms with Gasteiger partial charge in [0.05, 0.1) is 19.3 Å². The second-order valence-corrected chi connectivity index (χ2v) is 6.34. The maximum atomic E-state index is 10.2. The minimum absolute atomic E-state index is 0.333. The first kappa shape index (κ1) is 16.6. The molecule has 0 saturated carbocycles. The van der Waals surface area contributed by atoms with Gasteiger partial charge in [-0.15, -0.1) is 5.10 Å². The number of nitrogens with zero attached hydrogens (tertiary/aromatic N) is 4. The molecule has 0 aromatic carbocycles. The summed E-state index contributed by atoms with van der Waals surface area (Å²) >= 11 is 0. The Labute approximate surface area is 137 Å². The molecule has 1 aromatic heterocycles. The fraction of sp³-hybridized carbons (Fsp3) is 0.750. The normalized spacial score (nSPS) is 24.6. The Morgan fingerprint density at radius 3 is 3.00 bits per heavy atom. The number of morpholine rings is 1. The summed E-state index contributed by atoms with van der Waals surface area (Å²) in [6.07, 6.45) is 3.64. The van der Waals surface area contributed by atoms with Gasteiger partial charge in [0.25, 0.3) is 0 Å². The van der Waals surface area contributed by atoms with Gasteiger partial charge in [-0.2, -0.15) is 5.10 Å². The predicted octanol–water partition coefficient (Wildman–Crippen LogP) is -0.272. The maximum Gasteiger partial charge on any atom is 0.151 e. The maximum absolute atomic E-state index is 10.2. The average molecular weight is 321 g/mol. The average Bonchev–Trinajstić information content (AvgIpc) is 2.62. The third-order valence-corrected chi connectivity index (χ3v) is 4.52. The summed E-state index contributed by atoms with van der Waals surface area (Å²) in [6, 6.07) is 4.32. The van der Waals surface area contributed by atoms with E-state index in [0.717, 1.165) is 64.6 Å². The predicted molar refractivity (Wildman–Crippen MR) is 88.5 cm³/mol. The SMILES string of the molecule is OC(CNC1CCCN(c2cccnn2)C1)CN1CCOCC1. The van der Waals surface area contributed by atoms with Crippen LogP contribution in [0.15, 0.2) is 18.3 Å². The first-order valence-corrected chi connectivity index (χ1v) is 8.55. The molecule has 2 fully saturated rings. The zero-order valence-corrected chi connectivity index (χ0v) is 13.6. The topological polar surface area (TPSA) is 73.8 Å². The number of aliphatic hydroxyl groups excluding tert-OH is 1. The Bertz CT molecular complexity index is 455. The molecule has 0 spiro atoms. The summed E-state index contributed by atoms with van der Waals surface area (Å²) in [6.45, 7) is 6.68. The molecule has 0 aliphatic carbocycles. The first-order chi connectivity index (χ1) is 11.3. The number of anilines is 1. The van der Waals surface area contributed by atoms with Gasteiger partial charge in [0.2, 0.25) is 0 Å². The summed E-state index contributed by atoms with van der Waals surface area (Å²) in [5.74, 6) is 0.938. The minimum atomic E-state index is -0.333. The largest absolute Gasteiger partial charge is 0.390 e. The number of aromatic nitrogens is 2. The van der Waals surface area contributed by atoms with Gasteiger partial charge < -0.3 is 20.1 Å². The van der Waals surface area contributed by atoms with Gasteiger partial charge in [0.15, 0.2) is 5.82 Å². The van der Waals surface area contributed by atoms with Crippen LogP contribution in [-0.2, 0) is 4.74 Å². The number of rotatable bonds is 6. The van der Waals surface area contributed by atoms with Crippen LogP contribution in [0, 0.1) is 0 Å².